The minimum atomic E-state index is 0.232. The second kappa shape index (κ2) is 6.29. The van der Waals surface area contributed by atoms with Crippen LogP contribution in [0.4, 0.5) is 0 Å². The molecule has 0 atom stereocenters. The predicted octanol–water partition coefficient (Wildman–Crippen LogP) is 5.28. The molecule has 0 aliphatic heterocycles. The fourth-order valence-electron chi connectivity index (χ4n) is 3.19. The summed E-state index contributed by atoms with van der Waals surface area (Å²) in [7, 11) is 1.67. The van der Waals surface area contributed by atoms with Crippen LogP contribution in [0.3, 0.4) is 0 Å². The molecule has 0 aliphatic rings. The van der Waals surface area contributed by atoms with Crippen LogP contribution < -0.4 is 4.74 Å². The Kier molecular flexibility index (Phi) is 3.82. The lowest BCUT2D eigenvalue weighted by Gasteiger charge is -2.16. The van der Waals surface area contributed by atoms with Crippen LogP contribution in [0, 0.1) is 0 Å². The smallest absolute Gasteiger partial charge is 0.126 e. The van der Waals surface area contributed by atoms with Gasteiger partial charge < -0.3 is 9.84 Å². The summed E-state index contributed by atoms with van der Waals surface area (Å²) in [5.41, 5.74) is 4.51. The lowest BCUT2D eigenvalue weighted by atomic mass is 9.91. The van der Waals surface area contributed by atoms with E-state index in [9.17, 15) is 5.11 Å². The van der Waals surface area contributed by atoms with Gasteiger partial charge in [-0.3, -0.25) is 4.98 Å². The van der Waals surface area contributed by atoms with Crippen molar-refractivity contribution < 1.29 is 9.84 Å². The molecule has 0 amide bonds. The molecule has 0 radical (unpaired) electrons. The zero-order chi connectivity index (χ0) is 17.2. The van der Waals surface area contributed by atoms with Crippen LogP contribution in [0.25, 0.3) is 33.2 Å². The molecule has 0 saturated carbocycles. The first-order chi connectivity index (χ1) is 12.3. The van der Waals surface area contributed by atoms with E-state index in [1.54, 1.807) is 13.2 Å². The summed E-state index contributed by atoms with van der Waals surface area (Å²) >= 11 is 0. The zero-order valence-electron chi connectivity index (χ0n) is 13.8. The number of phenolic OH excluding ortho intramolecular Hbond substituents is 1. The fourth-order valence-corrected chi connectivity index (χ4v) is 3.19. The molecule has 0 bridgehead atoms. The molecule has 0 fully saturated rings. The minimum Gasteiger partial charge on any atom is -0.507 e. The number of benzene rings is 3. The van der Waals surface area contributed by atoms with Crippen molar-refractivity contribution in [3.05, 3.63) is 79.0 Å². The summed E-state index contributed by atoms with van der Waals surface area (Å²) in [6.45, 7) is 0. The quantitative estimate of drug-likeness (QED) is 0.556. The third-order valence-corrected chi connectivity index (χ3v) is 4.35. The van der Waals surface area contributed by atoms with E-state index < -0.39 is 0 Å². The first kappa shape index (κ1) is 15.2. The van der Waals surface area contributed by atoms with Crippen molar-refractivity contribution >= 4 is 10.9 Å². The molecular weight excluding hydrogens is 310 g/mol. The molecule has 1 N–H and O–H groups in total. The Morgan fingerprint density at radius 3 is 2.24 bits per heavy atom. The highest BCUT2D eigenvalue weighted by Gasteiger charge is 2.17. The van der Waals surface area contributed by atoms with Crippen LogP contribution in [-0.2, 0) is 0 Å². The number of phenols is 1. The summed E-state index contributed by atoms with van der Waals surface area (Å²) in [4.78, 5) is 4.59. The topological polar surface area (TPSA) is 42.4 Å². The second-order valence-electron chi connectivity index (χ2n) is 5.78. The number of para-hydroxylation sites is 3. The zero-order valence-corrected chi connectivity index (χ0v) is 13.8. The number of aromatic nitrogens is 1. The van der Waals surface area contributed by atoms with Crippen molar-refractivity contribution in [2.45, 2.75) is 0 Å². The lowest BCUT2D eigenvalue weighted by molar-refractivity contribution is 0.416. The van der Waals surface area contributed by atoms with Crippen LogP contribution in [-0.4, -0.2) is 17.2 Å². The Hall–Kier alpha value is -3.33. The maximum atomic E-state index is 10.4. The highest BCUT2D eigenvalue weighted by molar-refractivity contribution is 6.04. The predicted molar refractivity (Wildman–Crippen MR) is 101 cm³/mol. The number of nitrogens with zero attached hydrogens (tertiary/aromatic N) is 1. The first-order valence-corrected chi connectivity index (χ1v) is 8.09. The summed E-state index contributed by atoms with van der Waals surface area (Å²) in [5.74, 6) is 1.02. The third kappa shape index (κ3) is 2.60. The number of fused-ring (bicyclic) bond motifs is 1. The van der Waals surface area contributed by atoms with E-state index in [0.29, 0.717) is 0 Å². The van der Waals surface area contributed by atoms with E-state index in [1.807, 2.05) is 72.9 Å². The normalized spacial score (nSPS) is 10.8. The molecule has 0 aliphatic carbocycles. The average Bonchev–Trinajstić information content (AvgIpc) is 2.67. The number of hydrogen-bond donors (Lipinski definition) is 1. The SMILES string of the molecule is COc1ccccc1-c1c(-c2ccccc2O)cnc2ccccc12. The Morgan fingerprint density at radius 2 is 1.44 bits per heavy atom. The molecule has 1 heterocycles. The number of methoxy groups -OCH3 is 1. The van der Waals surface area contributed by atoms with E-state index in [-0.39, 0.29) is 5.75 Å². The van der Waals surface area contributed by atoms with E-state index in [2.05, 4.69) is 4.98 Å². The molecule has 122 valence electrons. The van der Waals surface area contributed by atoms with Crippen LogP contribution in [0.5, 0.6) is 11.5 Å². The average molecular weight is 327 g/mol. The van der Waals surface area contributed by atoms with Gasteiger partial charge in [0.05, 0.1) is 12.6 Å². The number of rotatable bonds is 3. The van der Waals surface area contributed by atoms with Crippen molar-refractivity contribution in [3.8, 4) is 33.8 Å². The van der Waals surface area contributed by atoms with Gasteiger partial charge in [-0.2, -0.15) is 0 Å². The maximum absolute atomic E-state index is 10.4. The molecule has 25 heavy (non-hydrogen) atoms. The van der Waals surface area contributed by atoms with Gasteiger partial charge in [-0.15, -0.1) is 0 Å². The van der Waals surface area contributed by atoms with Crippen molar-refractivity contribution in [2.24, 2.45) is 0 Å². The highest BCUT2D eigenvalue weighted by Crippen LogP contribution is 2.43. The molecule has 1 aromatic heterocycles. The molecule has 3 nitrogen and oxygen atoms in total. The van der Waals surface area contributed by atoms with E-state index in [0.717, 1.165) is 38.9 Å². The standard InChI is InChI=1S/C22H17NO2/c1-25-21-13-7-4-10-17(21)22-16-9-2-5-11-19(16)23-14-18(22)15-8-3-6-12-20(15)24/h2-14,24H,1H3. The monoisotopic (exact) mass is 327 g/mol. The van der Waals surface area contributed by atoms with Gasteiger partial charge in [-0.05, 0) is 18.2 Å². The lowest BCUT2D eigenvalue weighted by Crippen LogP contribution is -1.93. The van der Waals surface area contributed by atoms with Crippen LogP contribution in [0.2, 0.25) is 0 Å². The van der Waals surface area contributed by atoms with E-state index in [1.165, 1.54) is 0 Å². The summed E-state index contributed by atoms with van der Waals surface area (Å²) in [6.07, 6.45) is 1.82. The molecule has 0 saturated heterocycles. The Labute approximate surface area is 146 Å². The van der Waals surface area contributed by atoms with Crippen molar-refractivity contribution in [1.29, 1.82) is 0 Å². The summed E-state index contributed by atoms with van der Waals surface area (Å²) in [6, 6.07) is 23.2. The van der Waals surface area contributed by atoms with Gasteiger partial charge in [-0.25, -0.2) is 0 Å². The van der Waals surface area contributed by atoms with Gasteiger partial charge in [0, 0.05) is 33.8 Å². The number of ether oxygens (including phenoxy) is 1. The molecule has 4 rings (SSSR count). The van der Waals surface area contributed by atoms with Crippen LogP contribution >= 0.6 is 0 Å². The van der Waals surface area contributed by atoms with Crippen molar-refractivity contribution in [2.75, 3.05) is 7.11 Å². The molecule has 0 spiro atoms. The van der Waals surface area contributed by atoms with E-state index >= 15 is 0 Å². The van der Waals surface area contributed by atoms with Gasteiger partial charge in [-0.1, -0.05) is 54.6 Å². The van der Waals surface area contributed by atoms with Crippen LogP contribution in [0.15, 0.2) is 79.0 Å². The van der Waals surface area contributed by atoms with Crippen molar-refractivity contribution in [3.63, 3.8) is 0 Å². The Bertz CT molecular complexity index is 1060. The van der Waals surface area contributed by atoms with Gasteiger partial charge in [0.15, 0.2) is 0 Å². The Morgan fingerprint density at radius 1 is 0.760 bits per heavy atom. The largest absolute Gasteiger partial charge is 0.507 e. The number of hydrogen-bond acceptors (Lipinski definition) is 3. The minimum absolute atomic E-state index is 0.232. The molecule has 3 aromatic carbocycles. The fraction of sp³-hybridized carbons (Fsp3) is 0.0455. The Balaban J connectivity index is 2.13. The van der Waals surface area contributed by atoms with Gasteiger partial charge in [0.1, 0.15) is 11.5 Å². The molecule has 3 heteroatoms. The number of pyridine rings is 1. The highest BCUT2D eigenvalue weighted by atomic mass is 16.5. The maximum Gasteiger partial charge on any atom is 0.126 e. The van der Waals surface area contributed by atoms with E-state index in [4.69, 9.17) is 4.74 Å². The second-order valence-corrected chi connectivity index (χ2v) is 5.78. The summed E-state index contributed by atoms with van der Waals surface area (Å²) < 4.78 is 5.59. The number of aromatic hydroxyl groups is 1. The van der Waals surface area contributed by atoms with Crippen molar-refractivity contribution in [1.82, 2.24) is 4.98 Å². The van der Waals surface area contributed by atoms with Crippen LogP contribution in [0.1, 0.15) is 0 Å². The molecule has 0 unspecified atom stereocenters. The van der Waals surface area contributed by atoms with Gasteiger partial charge in [0.2, 0.25) is 0 Å². The first-order valence-electron chi connectivity index (χ1n) is 8.09. The third-order valence-electron chi connectivity index (χ3n) is 4.35. The summed E-state index contributed by atoms with van der Waals surface area (Å²) in [5, 5.41) is 11.4. The molecular formula is C22H17NO2. The van der Waals surface area contributed by atoms with Gasteiger partial charge >= 0.3 is 0 Å². The molecule has 4 aromatic rings. The van der Waals surface area contributed by atoms with Gasteiger partial charge in [0.25, 0.3) is 0 Å².